The molecule has 94 valence electrons. The van der Waals surface area contributed by atoms with E-state index in [1.807, 2.05) is 13.0 Å². The van der Waals surface area contributed by atoms with Gasteiger partial charge in [-0.1, -0.05) is 0 Å². The third-order valence-electron chi connectivity index (χ3n) is 2.73. The highest BCUT2D eigenvalue weighted by Crippen LogP contribution is 2.12. The third kappa shape index (κ3) is 2.51. The Labute approximate surface area is 105 Å². The number of amides is 1. The quantitative estimate of drug-likeness (QED) is 0.895. The molecule has 0 aromatic carbocycles. The molecule has 0 saturated heterocycles. The number of carbonyl (C=O) groups is 1. The Morgan fingerprint density at radius 1 is 1.44 bits per heavy atom. The highest BCUT2D eigenvalue weighted by molar-refractivity contribution is 5.92. The first-order chi connectivity index (χ1) is 8.58. The first kappa shape index (κ1) is 12.2. The van der Waals surface area contributed by atoms with Gasteiger partial charge in [0.2, 0.25) is 0 Å². The van der Waals surface area contributed by atoms with Crippen molar-refractivity contribution in [2.24, 2.45) is 0 Å². The maximum Gasteiger partial charge on any atom is 0.272 e. The van der Waals surface area contributed by atoms with Crippen LogP contribution < -0.4 is 5.73 Å². The average Bonchev–Trinajstić information content (AvgIpc) is 2.75. The van der Waals surface area contributed by atoms with Gasteiger partial charge in [-0.05, 0) is 25.1 Å². The molecule has 18 heavy (non-hydrogen) atoms. The predicted octanol–water partition coefficient (Wildman–Crippen LogP) is 1.84. The largest absolute Gasteiger partial charge is 0.469 e. The van der Waals surface area contributed by atoms with Gasteiger partial charge in [-0.3, -0.25) is 4.79 Å². The van der Waals surface area contributed by atoms with Gasteiger partial charge in [0.15, 0.2) is 0 Å². The fourth-order valence-corrected chi connectivity index (χ4v) is 1.63. The first-order valence-electron chi connectivity index (χ1n) is 5.58. The Bertz CT molecular complexity index is 546. The molecular formula is C13H15N3O2. The van der Waals surface area contributed by atoms with Crippen LogP contribution in [0.5, 0.6) is 0 Å². The second-order valence-electron chi connectivity index (χ2n) is 4.14. The molecule has 0 spiro atoms. The van der Waals surface area contributed by atoms with Gasteiger partial charge in [0.25, 0.3) is 5.91 Å². The number of carbonyl (C=O) groups excluding carboxylic acids is 1. The zero-order valence-electron chi connectivity index (χ0n) is 10.4. The summed E-state index contributed by atoms with van der Waals surface area (Å²) in [4.78, 5) is 17.7. The summed E-state index contributed by atoms with van der Waals surface area (Å²) in [5, 5.41) is 0. The minimum absolute atomic E-state index is 0.143. The second-order valence-corrected chi connectivity index (χ2v) is 4.14. The van der Waals surface area contributed by atoms with Crippen LogP contribution in [0.4, 0.5) is 5.69 Å². The van der Waals surface area contributed by atoms with Crippen LogP contribution in [0.25, 0.3) is 0 Å². The molecule has 0 atom stereocenters. The van der Waals surface area contributed by atoms with E-state index in [1.165, 1.54) is 6.20 Å². The molecule has 2 aromatic heterocycles. The maximum absolute atomic E-state index is 12.1. The number of hydrogen-bond donors (Lipinski definition) is 1. The van der Waals surface area contributed by atoms with Crippen LogP contribution in [0.1, 0.15) is 21.8 Å². The van der Waals surface area contributed by atoms with E-state index in [2.05, 4.69) is 4.98 Å². The first-order valence-corrected chi connectivity index (χ1v) is 5.58. The van der Waals surface area contributed by atoms with Crippen LogP contribution in [-0.2, 0) is 6.54 Å². The van der Waals surface area contributed by atoms with Crippen molar-refractivity contribution < 1.29 is 9.21 Å². The summed E-state index contributed by atoms with van der Waals surface area (Å²) in [6.07, 6.45) is 3.09. The van der Waals surface area contributed by atoms with Crippen molar-refractivity contribution in [3.05, 3.63) is 47.7 Å². The van der Waals surface area contributed by atoms with Gasteiger partial charge < -0.3 is 15.1 Å². The number of anilines is 1. The summed E-state index contributed by atoms with van der Waals surface area (Å²) in [5.41, 5.74) is 7.44. The maximum atomic E-state index is 12.1. The third-order valence-corrected chi connectivity index (χ3v) is 2.73. The summed E-state index contributed by atoms with van der Waals surface area (Å²) in [7, 11) is 1.73. The van der Waals surface area contributed by atoms with Crippen molar-refractivity contribution in [3.63, 3.8) is 0 Å². The van der Waals surface area contributed by atoms with E-state index in [0.29, 0.717) is 17.9 Å². The van der Waals surface area contributed by atoms with Crippen molar-refractivity contribution in [2.45, 2.75) is 13.5 Å². The van der Waals surface area contributed by atoms with Gasteiger partial charge in [0.1, 0.15) is 11.5 Å². The summed E-state index contributed by atoms with van der Waals surface area (Å²) in [6, 6.07) is 5.14. The van der Waals surface area contributed by atoms with Crippen LogP contribution in [0.3, 0.4) is 0 Å². The number of rotatable bonds is 3. The van der Waals surface area contributed by atoms with E-state index in [1.54, 1.807) is 30.3 Å². The normalized spacial score (nSPS) is 10.3. The molecule has 0 unspecified atom stereocenters. The Kier molecular flexibility index (Phi) is 3.32. The van der Waals surface area contributed by atoms with E-state index in [-0.39, 0.29) is 5.91 Å². The van der Waals surface area contributed by atoms with Gasteiger partial charge >= 0.3 is 0 Å². The molecule has 0 fully saturated rings. The zero-order chi connectivity index (χ0) is 13.1. The van der Waals surface area contributed by atoms with E-state index in [4.69, 9.17) is 10.2 Å². The smallest absolute Gasteiger partial charge is 0.272 e. The molecule has 2 N–H and O–H groups in total. The van der Waals surface area contributed by atoms with Gasteiger partial charge in [0, 0.05) is 19.2 Å². The standard InChI is InChI=1S/C13H15N3O2/c1-9-10(5-6-18-9)8-16(2)13(17)12-4-3-11(14)7-15-12/h3-7H,8,14H2,1-2H3. The molecule has 1 amide bonds. The topological polar surface area (TPSA) is 72.4 Å². The number of nitrogens with two attached hydrogens (primary N) is 1. The zero-order valence-corrected chi connectivity index (χ0v) is 10.4. The highest BCUT2D eigenvalue weighted by Gasteiger charge is 2.14. The second kappa shape index (κ2) is 4.91. The van der Waals surface area contributed by atoms with Gasteiger partial charge in [0.05, 0.1) is 18.1 Å². The van der Waals surface area contributed by atoms with Crippen molar-refractivity contribution in [3.8, 4) is 0 Å². The number of aromatic nitrogens is 1. The van der Waals surface area contributed by atoms with E-state index in [9.17, 15) is 4.79 Å². The Hall–Kier alpha value is -2.30. The van der Waals surface area contributed by atoms with Crippen LogP contribution in [0.15, 0.2) is 35.1 Å². The molecule has 0 saturated carbocycles. The lowest BCUT2D eigenvalue weighted by Gasteiger charge is -2.16. The molecule has 0 aliphatic rings. The monoisotopic (exact) mass is 245 g/mol. The van der Waals surface area contributed by atoms with Gasteiger partial charge in [-0.15, -0.1) is 0 Å². The lowest BCUT2D eigenvalue weighted by atomic mass is 10.2. The number of furan rings is 1. The summed E-state index contributed by atoms with van der Waals surface area (Å²) in [6.45, 7) is 2.36. The molecule has 2 heterocycles. The Morgan fingerprint density at radius 3 is 2.78 bits per heavy atom. The number of pyridine rings is 1. The molecule has 5 nitrogen and oxygen atoms in total. The number of nitrogens with zero attached hydrogens (tertiary/aromatic N) is 2. The number of nitrogen functional groups attached to an aromatic ring is 1. The molecule has 5 heteroatoms. The fraction of sp³-hybridized carbons (Fsp3) is 0.231. The minimum Gasteiger partial charge on any atom is -0.469 e. The molecule has 0 aliphatic heterocycles. The molecular weight excluding hydrogens is 230 g/mol. The van der Waals surface area contributed by atoms with E-state index < -0.39 is 0 Å². The van der Waals surface area contributed by atoms with Crippen LogP contribution >= 0.6 is 0 Å². The highest BCUT2D eigenvalue weighted by atomic mass is 16.3. The van der Waals surface area contributed by atoms with Crippen molar-refractivity contribution in [1.29, 1.82) is 0 Å². The summed E-state index contributed by atoms with van der Waals surface area (Å²) < 4.78 is 5.20. The van der Waals surface area contributed by atoms with Crippen molar-refractivity contribution in [1.82, 2.24) is 9.88 Å². The average molecular weight is 245 g/mol. The Balaban J connectivity index is 2.09. The van der Waals surface area contributed by atoms with Gasteiger partial charge in [-0.25, -0.2) is 4.98 Å². The molecule has 2 rings (SSSR count). The fourth-order valence-electron chi connectivity index (χ4n) is 1.63. The van der Waals surface area contributed by atoms with E-state index in [0.717, 1.165) is 11.3 Å². The molecule has 0 aliphatic carbocycles. The lowest BCUT2D eigenvalue weighted by molar-refractivity contribution is 0.0779. The van der Waals surface area contributed by atoms with E-state index >= 15 is 0 Å². The molecule has 0 bridgehead atoms. The lowest BCUT2D eigenvalue weighted by Crippen LogP contribution is -2.27. The summed E-state index contributed by atoms with van der Waals surface area (Å²) >= 11 is 0. The minimum atomic E-state index is -0.143. The number of hydrogen-bond acceptors (Lipinski definition) is 4. The number of aryl methyl sites for hydroxylation is 1. The van der Waals surface area contributed by atoms with Crippen LogP contribution in [0, 0.1) is 6.92 Å². The van der Waals surface area contributed by atoms with Crippen molar-refractivity contribution in [2.75, 3.05) is 12.8 Å². The van der Waals surface area contributed by atoms with Crippen LogP contribution in [0.2, 0.25) is 0 Å². The molecule has 0 radical (unpaired) electrons. The summed E-state index contributed by atoms with van der Waals surface area (Å²) in [5.74, 6) is 0.676. The SMILES string of the molecule is Cc1occc1CN(C)C(=O)c1ccc(N)cn1. The van der Waals surface area contributed by atoms with Crippen LogP contribution in [-0.4, -0.2) is 22.8 Å². The predicted molar refractivity (Wildman–Crippen MR) is 67.9 cm³/mol. The Morgan fingerprint density at radius 2 is 2.22 bits per heavy atom. The van der Waals surface area contributed by atoms with Gasteiger partial charge in [-0.2, -0.15) is 0 Å². The van der Waals surface area contributed by atoms with Crippen molar-refractivity contribution >= 4 is 11.6 Å². The molecule has 2 aromatic rings.